The fourth-order valence-electron chi connectivity index (χ4n) is 4.16. The van der Waals surface area contributed by atoms with E-state index in [1.807, 2.05) is 4.90 Å². The largest absolute Gasteiger partial charge is 0.490 e. The van der Waals surface area contributed by atoms with Crippen LogP contribution in [0.3, 0.4) is 0 Å². The van der Waals surface area contributed by atoms with E-state index in [1.54, 1.807) is 17.0 Å². The Morgan fingerprint density at radius 2 is 1.78 bits per heavy atom. The summed E-state index contributed by atoms with van der Waals surface area (Å²) in [7, 11) is 0. The number of aliphatic carboxylic acids is 1. The minimum absolute atomic E-state index is 0.0786. The highest BCUT2D eigenvalue weighted by molar-refractivity contribution is 5.94. The van der Waals surface area contributed by atoms with Crippen LogP contribution in [0.2, 0.25) is 0 Å². The van der Waals surface area contributed by atoms with Crippen LogP contribution in [-0.4, -0.2) is 102 Å². The third kappa shape index (κ3) is 9.73. The number of alkyl halides is 3. The maximum atomic E-state index is 13.6. The van der Waals surface area contributed by atoms with Gasteiger partial charge in [-0.25, -0.2) is 9.18 Å². The Morgan fingerprint density at radius 3 is 2.36 bits per heavy atom. The second-order valence-corrected chi connectivity index (χ2v) is 8.87. The van der Waals surface area contributed by atoms with E-state index in [1.165, 1.54) is 31.4 Å². The smallest absolute Gasteiger partial charge is 0.475 e. The Hall–Kier alpha value is -2.73. The van der Waals surface area contributed by atoms with Crippen molar-refractivity contribution in [1.29, 1.82) is 0 Å². The number of piperazine rings is 1. The van der Waals surface area contributed by atoms with Crippen LogP contribution in [0.1, 0.15) is 43.0 Å². The SMILES string of the molecule is CC1CCCCN1CCN(CCC(=O)N1CCNCC1)C(=O)c1cccc(F)c1.O=C(O)C(F)(F)F. The van der Waals surface area contributed by atoms with Crippen LogP contribution in [-0.2, 0) is 9.59 Å². The molecule has 0 aromatic heterocycles. The number of hydrogen-bond donors (Lipinski definition) is 2. The Labute approximate surface area is 208 Å². The minimum Gasteiger partial charge on any atom is -0.475 e. The van der Waals surface area contributed by atoms with E-state index < -0.39 is 18.0 Å². The number of hydrogen-bond acceptors (Lipinski definition) is 5. The van der Waals surface area contributed by atoms with Crippen molar-refractivity contribution >= 4 is 17.8 Å². The number of likely N-dealkylation sites (tertiary alicyclic amines) is 1. The van der Waals surface area contributed by atoms with Gasteiger partial charge >= 0.3 is 12.1 Å². The average Bonchev–Trinajstić information content (AvgIpc) is 2.85. The van der Waals surface area contributed by atoms with Gasteiger partial charge in [-0.1, -0.05) is 12.5 Å². The highest BCUT2D eigenvalue weighted by atomic mass is 19.4. The Balaban J connectivity index is 0.000000572. The van der Waals surface area contributed by atoms with Gasteiger partial charge in [0.2, 0.25) is 5.91 Å². The van der Waals surface area contributed by atoms with Gasteiger partial charge in [-0.15, -0.1) is 0 Å². The van der Waals surface area contributed by atoms with Crippen LogP contribution in [0.15, 0.2) is 24.3 Å². The van der Waals surface area contributed by atoms with E-state index in [2.05, 4.69) is 17.1 Å². The van der Waals surface area contributed by atoms with Gasteiger partial charge in [0.15, 0.2) is 0 Å². The third-order valence-electron chi connectivity index (χ3n) is 6.26. The molecule has 2 saturated heterocycles. The van der Waals surface area contributed by atoms with Crippen molar-refractivity contribution < 1.29 is 37.1 Å². The molecule has 0 saturated carbocycles. The van der Waals surface area contributed by atoms with E-state index in [0.717, 1.165) is 26.2 Å². The number of nitrogens with zero attached hydrogens (tertiary/aromatic N) is 3. The van der Waals surface area contributed by atoms with Crippen molar-refractivity contribution in [2.45, 2.75) is 44.8 Å². The van der Waals surface area contributed by atoms with Crippen molar-refractivity contribution in [3.05, 3.63) is 35.6 Å². The number of carboxylic acids is 1. The molecule has 36 heavy (non-hydrogen) atoms. The standard InChI is InChI=1S/C22H33FN4O2.C2HF3O2/c1-18-5-2-3-11-25(18)15-16-27(22(29)19-6-4-7-20(23)17-19)12-8-21(28)26-13-9-24-10-14-26;3-2(4,5)1(6)7/h4,6-7,17-18,24H,2-3,5,8-16H2,1H3;(H,6,7). The van der Waals surface area contributed by atoms with Crippen molar-refractivity contribution in [3.63, 3.8) is 0 Å². The molecule has 2 aliphatic heterocycles. The zero-order valence-corrected chi connectivity index (χ0v) is 20.4. The number of rotatable bonds is 7. The van der Waals surface area contributed by atoms with Gasteiger partial charge in [-0.3, -0.25) is 14.5 Å². The number of benzene rings is 1. The molecule has 0 bridgehead atoms. The van der Waals surface area contributed by atoms with Crippen molar-refractivity contribution in [2.24, 2.45) is 0 Å². The molecule has 12 heteroatoms. The minimum atomic E-state index is -5.08. The molecule has 202 valence electrons. The number of carbonyl (C=O) groups is 3. The lowest BCUT2D eigenvalue weighted by molar-refractivity contribution is -0.192. The summed E-state index contributed by atoms with van der Waals surface area (Å²) in [5, 5.41) is 10.4. The Morgan fingerprint density at radius 1 is 1.11 bits per heavy atom. The number of piperidine rings is 1. The highest BCUT2D eigenvalue weighted by Gasteiger charge is 2.38. The number of halogens is 4. The third-order valence-corrected chi connectivity index (χ3v) is 6.26. The number of carbonyl (C=O) groups excluding carboxylic acids is 2. The quantitative estimate of drug-likeness (QED) is 0.540. The lowest BCUT2D eigenvalue weighted by Gasteiger charge is -2.35. The molecule has 2 aliphatic rings. The van der Waals surface area contributed by atoms with Crippen molar-refractivity contribution in [2.75, 3.05) is 52.4 Å². The summed E-state index contributed by atoms with van der Waals surface area (Å²) in [4.78, 5) is 40.5. The molecule has 0 spiro atoms. The first kappa shape index (κ1) is 29.5. The molecular formula is C24H34F4N4O4. The number of nitrogens with one attached hydrogen (secondary N) is 1. The zero-order valence-electron chi connectivity index (χ0n) is 20.4. The summed E-state index contributed by atoms with van der Waals surface area (Å²) >= 11 is 0. The fraction of sp³-hybridized carbons (Fsp3) is 0.625. The molecule has 2 heterocycles. The highest BCUT2D eigenvalue weighted by Crippen LogP contribution is 2.17. The maximum Gasteiger partial charge on any atom is 0.490 e. The molecule has 1 aromatic rings. The first-order chi connectivity index (χ1) is 17.0. The van der Waals surface area contributed by atoms with E-state index in [0.29, 0.717) is 44.2 Å². The Bertz CT molecular complexity index is 878. The summed E-state index contributed by atoms with van der Waals surface area (Å²) in [6, 6.07) is 6.32. The molecular weight excluding hydrogens is 484 g/mol. The molecule has 8 nitrogen and oxygen atoms in total. The van der Waals surface area contributed by atoms with E-state index in [-0.39, 0.29) is 11.8 Å². The molecule has 2 fully saturated rings. The molecule has 1 unspecified atom stereocenters. The molecule has 0 radical (unpaired) electrons. The number of carboxylic acid groups (broad SMARTS) is 1. The topological polar surface area (TPSA) is 93.2 Å². The van der Waals surface area contributed by atoms with Crippen LogP contribution in [0.25, 0.3) is 0 Å². The lowest BCUT2D eigenvalue weighted by Crippen LogP contribution is -2.48. The van der Waals surface area contributed by atoms with Gasteiger partial charge < -0.3 is 20.2 Å². The van der Waals surface area contributed by atoms with Crippen LogP contribution in [0, 0.1) is 5.82 Å². The summed E-state index contributed by atoms with van der Waals surface area (Å²) in [6.45, 7) is 8.01. The normalized spacial score (nSPS) is 18.7. The molecule has 1 atom stereocenters. The first-order valence-corrected chi connectivity index (χ1v) is 12.1. The van der Waals surface area contributed by atoms with Crippen LogP contribution >= 0.6 is 0 Å². The van der Waals surface area contributed by atoms with Gasteiger partial charge in [0, 0.05) is 63.8 Å². The van der Waals surface area contributed by atoms with Gasteiger partial charge in [0.1, 0.15) is 5.82 Å². The van der Waals surface area contributed by atoms with Crippen LogP contribution in [0.5, 0.6) is 0 Å². The van der Waals surface area contributed by atoms with E-state index >= 15 is 0 Å². The molecule has 3 rings (SSSR count). The first-order valence-electron chi connectivity index (χ1n) is 12.1. The van der Waals surface area contributed by atoms with Crippen molar-refractivity contribution in [1.82, 2.24) is 20.0 Å². The molecule has 1 aromatic carbocycles. The van der Waals surface area contributed by atoms with Gasteiger partial charge in [-0.05, 0) is 44.5 Å². The maximum absolute atomic E-state index is 13.6. The second-order valence-electron chi connectivity index (χ2n) is 8.87. The molecule has 0 aliphatic carbocycles. The predicted molar refractivity (Wildman–Crippen MR) is 125 cm³/mol. The van der Waals surface area contributed by atoms with Crippen LogP contribution < -0.4 is 5.32 Å². The fourth-order valence-corrected chi connectivity index (χ4v) is 4.16. The summed E-state index contributed by atoms with van der Waals surface area (Å²) in [5.41, 5.74) is 0.339. The summed E-state index contributed by atoms with van der Waals surface area (Å²) in [6.07, 6.45) is -1.16. The van der Waals surface area contributed by atoms with Crippen LogP contribution in [0.4, 0.5) is 17.6 Å². The number of amides is 2. The predicted octanol–water partition coefficient (Wildman–Crippen LogP) is 2.60. The molecule has 2 amide bonds. The zero-order chi connectivity index (χ0) is 26.7. The molecule has 2 N–H and O–H groups in total. The Kier molecular flexibility index (Phi) is 11.6. The van der Waals surface area contributed by atoms with Gasteiger partial charge in [0.05, 0.1) is 0 Å². The summed E-state index contributed by atoms with van der Waals surface area (Å²) in [5.74, 6) is -3.30. The second kappa shape index (κ2) is 14.1. The lowest BCUT2D eigenvalue weighted by atomic mass is 10.0. The van der Waals surface area contributed by atoms with Gasteiger partial charge in [-0.2, -0.15) is 13.2 Å². The monoisotopic (exact) mass is 518 g/mol. The van der Waals surface area contributed by atoms with E-state index in [4.69, 9.17) is 9.90 Å². The van der Waals surface area contributed by atoms with Gasteiger partial charge in [0.25, 0.3) is 5.91 Å². The summed E-state index contributed by atoms with van der Waals surface area (Å²) < 4.78 is 45.4. The average molecular weight is 519 g/mol. The van der Waals surface area contributed by atoms with Crippen molar-refractivity contribution in [3.8, 4) is 0 Å². The van der Waals surface area contributed by atoms with E-state index in [9.17, 15) is 27.2 Å².